The van der Waals surface area contributed by atoms with E-state index in [9.17, 15) is 13.6 Å². The van der Waals surface area contributed by atoms with Crippen molar-refractivity contribution in [3.8, 4) is 0 Å². The number of halogens is 2. The Bertz CT molecular complexity index is 630. The SMILES string of the molecule is Cc1nc(Cc2cc(F)cc(F)c2)[nH]c(=O)c1C. The van der Waals surface area contributed by atoms with Crippen molar-refractivity contribution in [2.75, 3.05) is 0 Å². The lowest BCUT2D eigenvalue weighted by Crippen LogP contribution is -2.16. The lowest BCUT2D eigenvalue weighted by molar-refractivity contribution is 0.580. The van der Waals surface area contributed by atoms with Gasteiger partial charge in [0, 0.05) is 23.7 Å². The van der Waals surface area contributed by atoms with Crippen molar-refractivity contribution in [3.05, 3.63) is 62.8 Å². The molecule has 2 rings (SSSR count). The van der Waals surface area contributed by atoms with Crippen molar-refractivity contribution in [1.29, 1.82) is 0 Å². The molecule has 5 heteroatoms. The highest BCUT2D eigenvalue weighted by molar-refractivity contribution is 5.23. The molecule has 0 fully saturated rings. The molecule has 0 atom stereocenters. The van der Waals surface area contributed by atoms with Crippen LogP contribution >= 0.6 is 0 Å². The third-order valence-electron chi connectivity index (χ3n) is 2.74. The number of aromatic amines is 1. The molecule has 94 valence electrons. The minimum Gasteiger partial charge on any atom is -0.310 e. The lowest BCUT2D eigenvalue weighted by atomic mass is 10.1. The van der Waals surface area contributed by atoms with E-state index in [1.165, 1.54) is 12.1 Å². The molecule has 0 unspecified atom stereocenters. The molecule has 0 aliphatic heterocycles. The van der Waals surface area contributed by atoms with Gasteiger partial charge in [-0.05, 0) is 31.5 Å². The summed E-state index contributed by atoms with van der Waals surface area (Å²) < 4.78 is 26.0. The van der Waals surface area contributed by atoms with Gasteiger partial charge in [0.1, 0.15) is 17.5 Å². The number of H-pyrrole nitrogens is 1. The minimum atomic E-state index is -0.642. The molecule has 0 aliphatic rings. The molecular weight excluding hydrogens is 238 g/mol. The second-order valence-electron chi connectivity index (χ2n) is 4.18. The molecule has 1 aromatic heterocycles. The predicted octanol–water partition coefficient (Wildman–Crippen LogP) is 2.26. The average molecular weight is 250 g/mol. The summed E-state index contributed by atoms with van der Waals surface area (Å²) in [5, 5.41) is 0. The highest BCUT2D eigenvalue weighted by Gasteiger charge is 2.06. The van der Waals surface area contributed by atoms with Gasteiger partial charge in [-0.1, -0.05) is 0 Å². The summed E-state index contributed by atoms with van der Waals surface area (Å²) in [5.41, 5.74) is 1.36. The summed E-state index contributed by atoms with van der Waals surface area (Å²) in [6, 6.07) is 3.25. The Morgan fingerprint density at radius 2 is 1.78 bits per heavy atom. The summed E-state index contributed by atoms with van der Waals surface area (Å²) >= 11 is 0. The van der Waals surface area contributed by atoms with E-state index >= 15 is 0 Å². The normalized spacial score (nSPS) is 10.7. The highest BCUT2D eigenvalue weighted by Crippen LogP contribution is 2.11. The van der Waals surface area contributed by atoms with Crippen LogP contribution in [0.1, 0.15) is 22.6 Å². The number of aryl methyl sites for hydroxylation is 1. The van der Waals surface area contributed by atoms with E-state index in [0.29, 0.717) is 22.6 Å². The Morgan fingerprint density at radius 3 is 2.33 bits per heavy atom. The van der Waals surface area contributed by atoms with Gasteiger partial charge in [0.05, 0.1) is 0 Å². The number of nitrogens with one attached hydrogen (secondary N) is 1. The van der Waals surface area contributed by atoms with Gasteiger partial charge in [-0.15, -0.1) is 0 Å². The van der Waals surface area contributed by atoms with Gasteiger partial charge < -0.3 is 4.98 Å². The second-order valence-corrected chi connectivity index (χ2v) is 4.18. The first-order chi connectivity index (χ1) is 8.45. The van der Waals surface area contributed by atoms with Crippen LogP contribution in [0.2, 0.25) is 0 Å². The van der Waals surface area contributed by atoms with Crippen molar-refractivity contribution in [2.24, 2.45) is 0 Å². The monoisotopic (exact) mass is 250 g/mol. The molecule has 0 saturated carbocycles. The smallest absolute Gasteiger partial charge is 0.254 e. The van der Waals surface area contributed by atoms with Crippen LogP contribution in [-0.4, -0.2) is 9.97 Å². The number of aromatic nitrogens is 2. The second kappa shape index (κ2) is 4.68. The van der Waals surface area contributed by atoms with E-state index in [0.717, 1.165) is 6.07 Å². The maximum absolute atomic E-state index is 13.0. The minimum absolute atomic E-state index is 0.186. The summed E-state index contributed by atoms with van der Waals surface area (Å²) in [4.78, 5) is 18.3. The average Bonchev–Trinajstić information content (AvgIpc) is 2.24. The number of rotatable bonds is 2. The lowest BCUT2D eigenvalue weighted by Gasteiger charge is -2.05. The summed E-state index contributed by atoms with van der Waals surface area (Å²) in [7, 11) is 0. The van der Waals surface area contributed by atoms with E-state index in [4.69, 9.17) is 0 Å². The molecular formula is C13H12F2N2O. The van der Waals surface area contributed by atoms with Gasteiger partial charge in [0.15, 0.2) is 0 Å². The van der Waals surface area contributed by atoms with Crippen LogP contribution in [0.4, 0.5) is 8.78 Å². The largest absolute Gasteiger partial charge is 0.310 e. The van der Waals surface area contributed by atoms with E-state index in [2.05, 4.69) is 9.97 Å². The van der Waals surface area contributed by atoms with Crippen LogP contribution in [0, 0.1) is 25.5 Å². The molecule has 0 amide bonds. The highest BCUT2D eigenvalue weighted by atomic mass is 19.1. The Balaban J connectivity index is 2.37. The first-order valence-electron chi connectivity index (χ1n) is 5.47. The number of nitrogens with zero attached hydrogens (tertiary/aromatic N) is 1. The van der Waals surface area contributed by atoms with Gasteiger partial charge in [-0.3, -0.25) is 4.79 Å². The Morgan fingerprint density at radius 1 is 1.17 bits per heavy atom. The summed E-state index contributed by atoms with van der Waals surface area (Å²) in [6.45, 7) is 3.40. The van der Waals surface area contributed by atoms with E-state index in [-0.39, 0.29) is 12.0 Å². The molecule has 1 N–H and O–H groups in total. The molecule has 2 aromatic rings. The van der Waals surface area contributed by atoms with Crippen molar-refractivity contribution in [3.63, 3.8) is 0 Å². The Labute approximate surface area is 103 Å². The van der Waals surface area contributed by atoms with Crippen molar-refractivity contribution < 1.29 is 8.78 Å². The molecule has 0 aliphatic carbocycles. The molecule has 1 heterocycles. The fourth-order valence-corrected chi connectivity index (χ4v) is 1.69. The molecule has 0 radical (unpaired) electrons. The van der Waals surface area contributed by atoms with Gasteiger partial charge in [0.2, 0.25) is 0 Å². The van der Waals surface area contributed by atoms with Gasteiger partial charge >= 0.3 is 0 Å². The zero-order chi connectivity index (χ0) is 13.3. The van der Waals surface area contributed by atoms with Crippen LogP contribution < -0.4 is 5.56 Å². The number of hydrogen-bond donors (Lipinski definition) is 1. The first kappa shape index (κ1) is 12.4. The predicted molar refractivity (Wildman–Crippen MR) is 63.5 cm³/mol. The van der Waals surface area contributed by atoms with Crippen LogP contribution in [0.3, 0.4) is 0 Å². The fraction of sp³-hybridized carbons (Fsp3) is 0.231. The Kier molecular flexibility index (Phi) is 3.23. The molecule has 18 heavy (non-hydrogen) atoms. The first-order valence-corrected chi connectivity index (χ1v) is 5.47. The third kappa shape index (κ3) is 2.61. The molecule has 3 nitrogen and oxygen atoms in total. The zero-order valence-electron chi connectivity index (χ0n) is 10.1. The van der Waals surface area contributed by atoms with Gasteiger partial charge in [-0.2, -0.15) is 0 Å². The van der Waals surface area contributed by atoms with Gasteiger partial charge in [0.25, 0.3) is 5.56 Å². The van der Waals surface area contributed by atoms with E-state index in [1.54, 1.807) is 13.8 Å². The summed E-state index contributed by atoms with van der Waals surface area (Å²) in [5.74, 6) is -0.888. The third-order valence-corrected chi connectivity index (χ3v) is 2.74. The quantitative estimate of drug-likeness (QED) is 0.888. The summed E-state index contributed by atoms with van der Waals surface area (Å²) in [6.07, 6.45) is 0.186. The molecule has 0 bridgehead atoms. The fourth-order valence-electron chi connectivity index (χ4n) is 1.69. The number of benzene rings is 1. The van der Waals surface area contributed by atoms with E-state index in [1.807, 2.05) is 0 Å². The van der Waals surface area contributed by atoms with Crippen LogP contribution in [0.15, 0.2) is 23.0 Å². The van der Waals surface area contributed by atoms with Crippen LogP contribution in [0.25, 0.3) is 0 Å². The standard InChI is InChI=1S/C13H12F2N2O/c1-7-8(2)16-12(17-13(7)18)5-9-3-10(14)6-11(15)4-9/h3-4,6H,5H2,1-2H3,(H,16,17,18). The topological polar surface area (TPSA) is 45.8 Å². The van der Waals surface area contributed by atoms with E-state index < -0.39 is 11.6 Å². The zero-order valence-corrected chi connectivity index (χ0v) is 10.1. The van der Waals surface area contributed by atoms with Crippen LogP contribution in [0.5, 0.6) is 0 Å². The molecule has 1 aromatic carbocycles. The Hall–Kier alpha value is -2.04. The van der Waals surface area contributed by atoms with Crippen molar-refractivity contribution >= 4 is 0 Å². The maximum Gasteiger partial charge on any atom is 0.254 e. The van der Waals surface area contributed by atoms with Gasteiger partial charge in [-0.25, -0.2) is 13.8 Å². The maximum atomic E-state index is 13.0. The molecule has 0 saturated heterocycles. The molecule has 0 spiro atoms. The van der Waals surface area contributed by atoms with Crippen LogP contribution in [-0.2, 0) is 6.42 Å². The van der Waals surface area contributed by atoms with Crippen molar-refractivity contribution in [1.82, 2.24) is 9.97 Å². The van der Waals surface area contributed by atoms with Crippen molar-refractivity contribution in [2.45, 2.75) is 20.3 Å². The number of hydrogen-bond acceptors (Lipinski definition) is 2.